The van der Waals surface area contributed by atoms with Crippen molar-refractivity contribution in [1.82, 2.24) is 9.80 Å². The fourth-order valence-corrected chi connectivity index (χ4v) is 2.83. The van der Waals surface area contributed by atoms with E-state index in [1.165, 1.54) is 0 Å². The number of likely N-dealkylation sites (N-methyl/N-ethyl adjacent to an activating group) is 1. The Morgan fingerprint density at radius 3 is 2.21 bits per heavy atom. The summed E-state index contributed by atoms with van der Waals surface area (Å²) in [4.78, 5) is 4.64. The molecule has 0 spiro atoms. The van der Waals surface area contributed by atoms with Crippen LogP contribution in [-0.4, -0.2) is 60.5 Å². The van der Waals surface area contributed by atoms with Crippen molar-refractivity contribution in [2.45, 2.75) is 0 Å². The number of nitrogens with zero attached hydrogens (tertiary/aromatic N) is 3. The lowest BCUT2D eigenvalue weighted by Gasteiger charge is -2.32. The first kappa shape index (κ1) is 16.5. The van der Waals surface area contributed by atoms with Gasteiger partial charge in [-0.3, -0.25) is 4.90 Å². The number of oxime groups is 1. The highest BCUT2D eigenvalue weighted by Gasteiger charge is 2.16. The minimum absolute atomic E-state index is 0.676. The lowest BCUT2D eigenvalue weighted by atomic mass is 10.1. The topological polar surface area (TPSA) is 51.1 Å². The molecule has 0 saturated carbocycles. The Balaban J connectivity index is 1.63. The Bertz CT molecular complexity index is 662. The van der Waals surface area contributed by atoms with Gasteiger partial charge in [0.1, 0.15) is 5.71 Å². The van der Waals surface area contributed by atoms with Crippen molar-refractivity contribution in [2.24, 2.45) is 5.16 Å². The Morgan fingerprint density at radius 1 is 0.958 bits per heavy atom. The van der Waals surface area contributed by atoms with Gasteiger partial charge in [0, 0.05) is 49.7 Å². The monoisotopic (exact) mass is 324 g/mol. The van der Waals surface area contributed by atoms with Gasteiger partial charge in [0.15, 0.2) is 0 Å². The maximum Gasteiger partial charge on any atom is 0.101 e. The summed E-state index contributed by atoms with van der Waals surface area (Å²) in [6.07, 6.45) is 0. The molecule has 3 rings (SSSR count). The zero-order valence-corrected chi connectivity index (χ0v) is 14.0. The van der Waals surface area contributed by atoms with Crippen molar-refractivity contribution < 1.29 is 5.21 Å². The van der Waals surface area contributed by atoms with Crippen LogP contribution >= 0.6 is 0 Å². The van der Waals surface area contributed by atoms with Crippen LogP contribution in [0.15, 0.2) is 59.8 Å². The standard InChI is InChI=1S/C19H24N4O/c1-22-11-13-23(14-12-22)15-19(21-24)16-7-9-18(10-8-16)20-17-5-3-2-4-6-17/h2-10,20,24H,11-15H2,1H3/b21-19+. The average molecular weight is 324 g/mol. The molecular weight excluding hydrogens is 300 g/mol. The Morgan fingerprint density at radius 2 is 1.58 bits per heavy atom. The van der Waals surface area contributed by atoms with Crippen LogP contribution in [0, 0.1) is 0 Å². The molecule has 2 aromatic carbocycles. The highest BCUT2D eigenvalue weighted by Crippen LogP contribution is 2.17. The second kappa shape index (κ2) is 7.95. The number of hydrogen-bond donors (Lipinski definition) is 2. The quantitative estimate of drug-likeness (QED) is 0.504. The van der Waals surface area contributed by atoms with Crippen molar-refractivity contribution in [3.63, 3.8) is 0 Å². The van der Waals surface area contributed by atoms with Gasteiger partial charge < -0.3 is 15.4 Å². The van der Waals surface area contributed by atoms with E-state index in [-0.39, 0.29) is 0 Å². The molecule has 1 aliphatic heterocycles. The van der Waals surface area contributed by atoms with Gasteiger partial charge in [-0.25, -0.2) is 0 Å². The molecule has 1 heterocycles. The molecule has 0 unspecified atom stereocenters. The zero-order chi connectivity index (χ0) is 16.8. The minimum atomic E-state index is 0.676. The van der Waals surface area contributed by atoms with E-state index in [1.807, 2.05) is 54.6 Å². The van der Waals surface area contributed by atoms with Crippen LogP contribution < -0.4 is 5.32 Å². The van der Waals surface area contributed by atoms with E-state index >= 15 is 0 Å². The van der Waals surface area contributed by atoms with E-state index in [0.717, 1.165) is 43.1 Å². The van der Waals surface area contributed by atoms with E-state index in [2.05, 4.69) is 27.3 Å². The average Bonchev–Trinajstić information content (AvgIpc) is 2.63. The molecule has 0 amide bonds. The summed E-state index contributed by atoms with van der Waals surface area (Å²) in [5.74, 6) is 0. The number of hydrogen-bond acceptors (Lipinski definition) is 5. The second-order valence-electron chi connectivity index (χ2n) is 6.19. The smallest absolute Gasteiger partial charge is 0.101 e. The molecule has 1 saturated heterocycles. The summed E-state index contributed by atoms with van der Waals surface area (Å²) in [5, 5.41) is 16.3. The first-order valence-corrected chi connectivity index (χ1v) is 8.29. The number of piperazine rings is 1. The summed E-state index contributed by atoms with van der Waals surface area (Å²) < 4.78 is 0. The highest BCUT2D eigenvalue weighted by atomic mass is 16.4. The third kappa shape index (κ3) is 4.34. The molecule has 0 aromatic heterocycles. The van der Waals surface area contributed by atoms with Gasteiger partial charge in [-0.05, 0) is 31.3 Å². The Labute approximate surface area is 143 Å². The van der Waals surface area contributed by atoms with Crippen LogP contribution in [0.1, 0.15) is 5.56 Å². The summed E-state index contributed by atoms with van der Waals surface area (Å²) in [6.45, 7) is 4.79. The van der Waals surface area contributed by atoms with Gasteiger partial charge in [0.2, 0.25) is 0 Å². The van der Waals surface area contributed by atoms with Gasteiger partial charge in [-0.1, -0.05) is 35.5 Å². The molecule has 0 atom stereocenters. The maximum atomic E-state index is 9.40. The zero-order valence-electron chi connectivity index (χ0n) is 14.0. The van der Waals surface area contributed by atoms with E-state index in [1.54, 1.807) is 0 Å². The van der Waals surface area contributed by atoms with Crippen LogP contribution in [0.2, 0.25) is 0 Å². The predicted molar refractivity (Wildman–Crippen MR) is 98.4 cm³/mol. The molecule has 0 aliphatic carbocycles. The van der Waals surface area contributed by atoms with Crippen molar-refractivity contribution >= 4 is 17.1 Å². The number of anilines is 2. The molecule has 2 N–H and O–H groups in total. The molecule has 5 heteroatoms. The van der Waals surface area contributed by atoms with Crippen LogP contribution in [-0.2, 0) is 0 Å². The second-order valence-corrected chi connectivity index (χ2v) is 6.19. The molecule has 1 fully saturated rings. The molecule has 5 nitrogen and oxygen atoms in total. The SMILES string of the molecule is CN1CCN(C/C(=N\O)c2ccc(Nc3ccccc3)cc2)CC1. The highest BCUT2D eigenvalue weighted by molar-refractivity contribution is 6.02. The molecular formula is C19H24N4O. The maximum absolute atomic E-state index is 9.40. The summed E-state index contributed by atoms with van der Waals surface area (Å²) in [7, 11) is 2.14. The minimum Gasteiger partial charge on any atom is -0.411 e. The van der Waals surface area contributed by atoms with Crippen molar-refractivity contribution in [1.29, 1.82) is 0 Å². The van der Waals surface area contributed by atoms with Gasteiger partial charge in [-0.15, -0.1) is 0 Å². The van der Waals surface area contributed by atoms with Crippen molar-refractivity contribution in [2.75, 3.05) is 45.1 Å². The van der Waals surface area contributed by atoms with E-state index in [9.17, 15) is 5.21 Å². The fraction of sp³-hybridized carbons (Fsp3) is 0.316. The third-order valence-electron chi connectivity index (χ3n) is 4.37. The normalized spacial score (nSPS) is 17.0. The van der Waals surface area contributed by atoms with Crippen LogP contribution in [0.5, 0.6) is 0 Å². The third-order valence-corrected chi connectivity index (χ3v) is 4.37. The molecule has 0 bridgehead atoms. The van der Waals surface area contributed by atoms with Crippen molar-refractivity contribution in [3.8, 4) is 0 Å². The number of nitrogens with one attached hydrogen (secondary N) is 1. The summed E-state index contributed by atoms with van der Waals surface area (Å²) in [6, 6.07) is 18.1. The van der Waals surface area contributed by atoms with E-state index in [4.69, 9.17) is 0 Å². The fourth-order valence-electron chi connectivity index (χ4n) is 2.83. The summed E-state index contributed by atoms with van der Waals surface area (Å²) >= 11 is 0. The molecule has 0 radical (unpaired) electrons. The molecule has 2 aromatic rings. The lowest BCUT2D eigenvalue weighted by molar-refractivity contribution is 0.169. The van der Waals surface area contributed by atoms with Gasteiger partial charge in [0.25, 0.3) is 0 Å². The van der Waals surface area contributed by atoms with Gasteiger partial charge in [0.05, 0.1) is 0 Å². The number of para-hydroxylation sites is 1. The van der Waals surface area contributed by atoms with Gasteiger partial charge in [-0.2, -0.15) is 0 Å². The molecule has 126 valence electrons. The van der Waals surface area contributed by atoms with Crippen LogP contribution in [0.25, 0.3) is 0 Å². The van der Waals surface area contributed by atoms with Crippen LogP contribution in [0.4, 0.5) is 11.4 Å². The van der Waals surface area contributed by atoms with Crippen molar-refractivity contribution in [3.05, 3.63) is 60.2 Å². The Hall–Kier alpha value is -2.37. The Kier molecular flexibility index (Phi) is 5.46. The largest absolute Gasteiger partial charge is 0.411 e. The number of benzene rings is 2. The summed E-state index contributed by atoms with van der Waals surface area (Å²) in [5.41, 5.74) is 3.74. The van der Waals surface area contributed by atoms with E-state index in [0.29, 0.717) is 12.3 Å². The van der Waals surface area contributed by atoms with E-state index < -0.39 is 0 Å². The molecule has 24 heavy (non-hydrogen) atoms. The van der Waals surface area contributed by atoms with Gasteiger partial charge >= 0.3 is 0 Å². The number of rotatable bonds is 5. The molecule has 1 aliphatic rings. The predicted octanol–water partition coefficient (Wildman–Crippen LogP) is 2.86. The lowest BCUT2D eigenvalue weighted by Crippen LogP contribution is -2.46. The first-order valence-electron chi connectivity index (χ1n) is 8.29. The van der Waals surface area contributed by atoms with Crippen LogP contribution in [0.3, 0.4) is 0 Å². The first-order chi connectivity index (χ1) is 11.7.